The normalized spacial score (nSPS) is 11.1. The molecule has 3 aromatic carbocycles. The fraction of sp³-hybridized carbons (Fsp3) is 0. The number of nitrogens with one attached hydrogen (secondary N) is 2. The van der Waals surface area contributed by atoms with E-state index in [0.717, 1.165) is 12.1 Å². The Morgan fingerprint density at radius 3 is 1.93 bits per heavy atom. The maximum Gasteiger partial charge on any atom is 0.264 e. The van der Waals surface area contributed by atoms with E-state index in [0.29, 0.717) is 15.7 Å². The van der Waals surface area contributed by atoms with Crippen molar-refractivity contribution in [2.24, 2.45) is 0 Å². The predicted molar refractivity (Wildman–Crippen MR) is 108 cm³/mol. The summed E-state index contributed by atoms with van der Waals surface area (Å²) in [5.74, 6) is -1.57. The highest BCUT2D eigenvalue weighted by Crippen LogP contribution is 2.22. The maximum atomic E-state index is 14.2. The summed E-state index contributed by atoms with van der Waals surface area (Å²) in [7, 11) is -4.26. The molecule has 5 nitrogen and oxygen atoms in total. The predicted octanol–water partition coefficient (Wildman–Crippen LogP) is 5.19. The van der Waals surface area contributed by atoms with Crippen molar-refractivity contribution in [1.29, 1.82) is 0 Å². The topological polar surface area (TPSA) is 75.3 Å². The molecule has 0 saturated carbocycles. The van der Waals surface area contributed by atoms with Crippen LogP contribution in [0.2, 0.25) is 10.0 Å². The minimum atomic E-state index is -4.26. The molecule has 0 heterocycles. The lowest BCUT2D eigenvalue weighted by Crippen LogP contribution is -2.17. The van der Waals surface area contributed by atoms with Gasteiger partial charge in [-0.3, -0.25) is 9.52 Å². The van der Waals surface area contributed by atoms with E-state index in [1.54, 1.807) is 24.3 Å². The zero-order chi connectivity index (χ0) is 20.3. The minimum Gasteiger partial charge on any atom is -0.322 e. The standard InChI is InChI=1S/C19H13Cl2FN2O3S/c20-13-2-6-15(7-3-13)23-19(25)12-1-10-17(22)18(11-12)28(26,27)24-16-8-4-14(21)5-9-16/h1-11,24H,(H,23,25). The Bertz CT molecular complexity index is 1120. The van der Waals surface area contributed by atoms with E-state index >= 15 is 0 Å². The highest BCUT2D eigenvalue weighted by molar-refractivity contribution is 7.92. The number of amides is 1. The number of sulfonamides is 1. The van der Waals surface area contributed by atoms with E-state index < -0.39 is 26.6 Å². The van der Waals surface area contributed by atoms with Crippen LogP contribution in [0, 0.1) is 5.82 Å². The molecule has 0 aromatic heterocycles. The Morgan fingerprint density at radius 1 is 0.821 bits per heavy atom. The summed E-state index contributed by atoms with van der Waals surface area (Å²) >= 11 is 11.6. The first kappa shape index (κ1) is 20.1. The third-order valence-corrected chi connectivity index (χ3v) is 5.58. The molecule has 0 atom stereocenters. The third kappa shape index (κ3) is 4.81. The fourth-order valence-electron chi connectivity index (χ4n) is 2.32. The molecule has 0 radical (unpaired) electrons. The van der Waals surface area contributed by atoms with Gasteiger partial charge in [-0.15, -0.1) is 0 Å². The van der Waals surface area contributed by atoms with Crippen LogP contribution in [0.5, 0.6) is 0 Å². The van der Waals surface area contributed by atoms with Crippen molar-refractivity contribution < 1.29 is 17.6 Å². The molecule has 0 unspecified atom stereocenters. The minimum absolute atomic E-state index is 0.0205. The lowest BCUT2D eigenvalue weighted by atomic mass is 10.2. The van der Waals surface area contributed by atoms with Crippen LogP contribution in [0.4, 0.5) is 15.8 Å². The Morgan fingerprint density at radius 2 is 1.36 bits per heavy atom. The molecular formula is C19H13Cl2FN2O3S. The Labute approximate surface area is 171 Å². The maximum absolute atomic E-state index is 14.2. The number of anilines is 2. The summed E-state index contributed by atoms with van der Waals surface area (Å²) < 4.78 is 41.5. The van der Waals surface area contributed by atoms with E-state index in [1.807, 2.05) is 0 Å². The smallest absolute Gasteiger partial charge is 0.264 e. The quantitative estimate of drug-likeness (QED) is 0.575. The number of carbonyl (C=O) groups is 1. The SMILES string of the molecule is O=C(Nc1ccc(Cl)cc1)c1ccc(F)c(S(=O)(=O)Nc2ccc(Cl)cc2)c1. The number of hydrogen-bond donors (Lipinski definition) is 2. The molecule has 1 amide bonds. The van der Waals surface area contributed by atoms with E-state index in [9.17, 15) is 17.6 Å². The summed E-state index contributed by atoms with van der Waals surface area (Å²) in [5, 5.41) is 3.52. The van der Waals surface area contributed by atoms with Crippen molar-refractivity contribution in [3.05, 3.63) is 88.2 Å². The van der Waals surface area contributed by atoms with Crippen LogP contribution in [0.25, 0.3) is 0 Å². The van der Waals surface area contributed by atoms with Crippen LogP contribution in [-0.2, 0) is 10.0 Å². The van der Waals surface area contributed by atoms with Crippen molar-refractivity contribution in [2.45, 2.75) is 4.90 Å². The van der Waals surface area contributed by atoms with Crippen molar-refractivity contribution in [3.8, 4) is 0 Å². The van der Waals surface area contributed by atoms with E-state index in [2.05, 4.69) is 10.0 Å². The number of rotatable bonds is 5. The van der Waals surface area contributed by atoms with Gasteiger partial charge in [-0.1, -0.05) is 23.2 Å². The van der Waals surface area contributed by atoms with Gasteiger partial charge in [-0.25, -0.2) is 12.8 Å². The molecule has 0 spiro atoms. The monoisotopic (exact) mass is 438 g/mol. The van der Waals surface area contributed by atoms with E-state index in [4.69, 9.17) is 23.2 Å². The summed E-state index contributed by atoms with van der Waals surface area (Å²) in [4.78, 5) is 11.7. The van der Waals surface area contributed by atoms with Crippen LogP contribution >= 0.6 is 23.2 Å². The third-order valence-electron chi connectivity index (χ3n) is 3.68. The first-order valence-corrected chi connectivity index (χ1v) is 10.1. The molecule has 0 fully saturated rings. The second-order valence-electron chi connectivity index (χ2n) is 5.72. The van der Waals surface area contributed by atoms with Gasteiger partial charge in [0.2, 0.25) is 0 Å². The molecule has 3 aromatic rings. The zero-order valence-electron chi connectivity index (χ0n) is 14.1. The molecule has 0 aliphatic carbocycles. The summed E-state index contributed by atoms with van der Waals surface area (Å²) in [5.41, 5.74) is 0.648. The molecule has 2 N–H and O–H groups in total. The van der Waals surface area contributed by atoms with Crippen LogP contribution in [0.3, 0.4) is 0 Å². The second-order valence-corrected chi connectivity index (χ2v) is 8.24. The Balaban J connectivity index is 1.86. The first-order valence-electron chi connectivity index (χ1n) is 7.89. The van der Waals surface area contributed by atoms with E-state index in [-0.39, 0.29) is 11.3 Å². The van der Waals surface area contributed by atoms with Crippen LogP contribution in [0.1, 0.15) is 10.4 Å². The van der Waals surface area contributed by atoms with Crippen molar-refractivity contribution in [1.82, 2.24) is 0 Å². The summed E-state index contributed by atoms with van der Waals surface area (Å²) in [6.45, 7) is 0. The number of hydrogen-bond acceptors (Lipinski definition) is 3. The Kier molecular flexibility index (Phi) is 5.88. The van der Waals surface area contributed by atoms with Gasteiger partial charge >= 0.3 is 0 Å². The van der Waals surface area contributed by atoms with Crippen molar-refractivity contribution in [3.63, 3.8) is 0 Å². The van der Waals surface area contributed by atoms with Gasteiger partial charge in [0.25, 0.3) is 15.9 Å². The van der Waals surface area contributed by atoms with Gasteiger partial charge in [-0.2, -0.15) is 0 Å². The fourth-order valence-corrected chi connectivity index (χ4v) is 3.73. The second kappa shape index (κ2) is 8.18. The Hall–Kier alpha value is -2.61. The highest BCUT2D eigenvalue weighted by atomic mass is 35.5. The largest absolute Gasteiger partial charge is 0.322 e. The molecule has 0 aliphatic rings. The van der Waals surface area contributed by atoms with E-state index in [1.165, 1.54) is 30.3 Å². The van der Waals surface area contributed by atoms with Gasteiger partial charge in [0.15, 0.2) is 0 Å². The van der Waals surface area contributed by atoms with Crippen molar-refractivity contribution >= 4 is 50.5 Å². The molecule has 0 bridgehead atoms. The average Bonchev–Trinajstić information content (AvgIpc) is 2.65. The van der Waals surface area contributed by atoms with Gasteiger partial charge in [0, 0.05) is 27.0 Å². The molecule has 144 valence electrons. The van der Waals surface area contributed by atoms with Gasteiger partial charge in [-0.05, 0) is 66.7 Å². The van der Waals surface area contributed by atoms with Crippen molar-refractivity contribution in [2.75, 3.05) is 10.0 Å². The lowest BCUT2D eigenvalue weighted by molar-refractivity contribution is 0.102. The first-order chi connectivity index (χ1) is 13.2. The number of carbonyl (C=O) groups excluding carboxylic acids is 1. The number of halogens is 3. The van der Waals surface area contributed by atoms with Crippen LogP contribution < -0.4 is 10.0 Å². The molecule has 0 saturated heterocycles. The molecule has 0 aliphatic heterocycles. The van der Waals surface area contributed by atoms with Gasteiger partial charge < -0.3 is 5.32 Å². The summed E-state index contributed by atoms with van der Waals surface area (Å²) in [6.07, 6.45) is 0. The molecule has 28 heavy (non-hydrogen) atoms. The number of benzene rings is 3. The highest BCUT2D eigenvalue weighted by Gasteiger charge is 2.21. The molecule has 3 rings (SSSR count). The van der Waals surface area contributed by atoms with Gasteiger partial charge in [0.05, 0.1) is 0 Å². The summed E-state index contributed by atoms with van der Waals surface area (Å²) in [6, 6.07) is 15.3. The lowest BCUT2D eigenvalue weighted by Gasteiger charge is -2.11. The average molecular weight is 439 g/mol. The molecule has 9 heteroatoms. The zero-order valence-corrected chi connectivity index (χ0v) is 16.4. The molecular weight excluding hydrogens is 426 g/mol. The van der Waals surface area contributed by atoms with Crippen LogP contribution in [-0.4, -0.2) is 14.3 Å². The van der Waals surface area contributed by atoms with Gasteiger partial charge in [0.1, 0.15) is 10.7 Å². The van der Waals surface area contributed by atoms with Crippen LogP contribution in [0.15, 0.2) is 71.6 Å².